The highest BCUT2D eigenvalue weighted by Crippen LogP contribution is 2.30. The standard InChI is InChI=1S/C22H24N2O5/c1-14(15-10-11-18(28-2)19(13-15)29-3)23-20(25)9-6-12-24-21(26)16-7-4-5-8-17(16)22(24)27/h4-5,7-8,10-11,13-14H,6,9,12H2,1-3H3,(H,23,25). The Hall–Kier alpha value is -3.35. The predicted octanol–water partition coefficient (Wildman–Crippen LogP) is 2.96. The molecule has 1 aliphatic heterocycles. The van der Waals surface area contributed by atoms with Crippen LogP contribution in [0.25, 0.3) is 0 Å². The molecule has 1 unspecified atom stereocenters. The topological polar surface area (TPSA) is 84.9 Å². The van der Waals surface area contributed by atoms with Crippen LogP contribution in [-0.2, 0) is 4.79 Å². The molecule has 1 N–H and O–H groups in total. The fraction of sp³-hybridized carbons (Fsp3) is 0.318. The smallest absolute Gasteiger partial charge is 0.261 e. The van der Waals surface area contributed by atoms with Crippen molar-refractivity contribution >= 4 is 17.7 Å². The fourth-order valence-corrected chi connectivity index (χ4v) is 3.36. The van der Waals surface area contributed by atoms with E-state index in [1.807, 2.05) is 19.1 Å². The number of hydrogen-bond acceptors (Lipinski definition) is 5. The van der Waals surface area contributed by atoms with Crippen LogP contribution in [0.15, 0.2) is 42.5 Å². The zero-order valence-electron chi connectivity index (χ0n) is 16.7. The molecule has 2 aromatic rings. The fourth-order valence-electron chi connectivity index (χ4n) is 3.36. The summed E-state index contributed by atoms with van der Waals surface area (Å²) in [7, 11) is 3.13. The Morgan fingerprint density at radius 1 is 1.00 bits per heavy atom. The third kappa shape index (κ3) is 4.23. The van der Waals surface area contributed by atoms with Gasteiger partial charge in [-0.1, -0.05) is 18.2 Å². The molecule has 2 aromatic carbocycles. The highest BCUT2D eigenvalue weighted by Gasteiger charge is 2.34. The molecule has 1 atom stereocenters. The number of ether oxygens (including phenoxy) is 2. The molecule has 3 amide bonds. The van der Waals surface area contributed by atoms with Crippen molar-refractivity contribution in [2.45, 2.75) is 25.8 Å². The van der Waals surface area contributed by atoms with Crippen LogP contribution in [0.5, 0.6) is 11.5 Å². The highest BCUT2D eigenvalue weighted by atomic mass is 16.5. The average Bonchev–Trinajstić information content (AvgIpc) is 2.98. The number of benzene rings is 2. The molecule has 152 valence electrons. The number of carbonyl (C=O) groups is 3. The first kappa shape index (κ1) is 20.4. The maximum Gasteiger partial charge on any atom is 0.261 e. The van der Waals surface area contributed by atoms with Crippen molar-refractivity contribution in [2.75, 3.05) is 20.8 Å². The molecule has 3 rings (SSSR count). The average molecular weight is 396 g/mol. The van der Waals surface area contributed by atoms with E-state index in [0.717, 1.165) is 5.56 Å². The van der Waals surface area contributed by atoms with Crippen molar-refractivity contribution in [2.24, 2.45) is 0 Å². The monoisotopic (exact) mass is 396 g/mol. The molecule has 29 heavy (non-hydrogen) atoms. The molecule has 7 nitrogen and oxygen atoms in total. The summed E-state index contributed by atoms with van der Waals surface area (Å²) >= 11 is 0. The number of rotatable bonds is 8. The van der Waals surface area contributed by atoms with Gasteiger partial charge < -0.3 is 14.8 Å². The molecular weight excluding hydrogens is 372 g/mol. The summed E-state index contributed by atoms with van der Waals surface area (Å²) in [6.45, 7) is 2.09. The Morgan fingerprint density at radius 2 is 1.62 bits per heavy atom. The van der Waals surface area contributed by atoms with Gasteiger partial charge in [-0.05, 0) is 43.2 Å². The minimum Gasteiger partial charge on any atom is -0.493 e. The van der Waals surface area contributed by atoms with E-state index in [-0.39, 0.29) is 36.7 Å². The second-order valence-corrected chi connectivity index (χ2v) is 6.81. The maximum absolute atomic E-state index is 12.3. The SMILES string of the molecule is COc1ccc(C(C)NC(=O)CCCN2C(=O)c3ccccc3C2=O)cc1OC. The van der Waals surface area contributed by atoms with E-state index < -0.39 is 0 Å². The lowest BCUT2D eigenvalue weighted by Gasteiger charge is -2.17. The summed E-state index contributed by atoms with van der Waals surface area (Å²) < 4.78 is 10.5. The zero-order valence-corrected chi connectivity index (χ0v) is 16.7. The van der Waals surface area contributed by atoms with Gasteiger partial charge in [0, 0.05) is 13.0 Å². The molecule has 0 radical (unpaired) electrons. The first-order valence-electron chi connectivity index (χ1n) is 9.42. The van der Waals surface area contributed by atoms with Gasteiger partial charge in [-0.2, -0.15) is 0 Å². The van der Waals surface area contributed by atoms with Gasteiger partial charge in [-0.15, -0.1) is 0 Å². The molecule has 0 aliphatic carbocycles. The Morgan fingerprint density at radius 3 is 2.21 bits per heavy atom. The van der Waals surface area contributed by atoms with Crippen LogP contribution in [-0.4, -0.2) is 43.4 Å². The second-order valence-electron chi connectivity index (χ2n) is 6.81. The van der Waals surface area contributed by atoms with Crippen molar-refractivity contribution < 1.29 is 23.9 Å². The largest absolute Gasteiger partial charge is 0.493 e. The van der Waals surface area contributed by atoms with E-state index >= 15 is 0 Å². The lowest BCUT2D eigenvalue weighted by atomic mass is 10.1. The van der Waals surface area contributed by atoms with Crippen LogP contribution in [0.2, 0.25) is 0 Å². The number of hydrogen-bond donors (Lipinski definition) is 1. The molecule has 0 aromatic heterocycles. The number of fused-ring (bicyclic) bond motifs is 1. The minimum absolute atomic E-state index is 0.149. The van der Waals surface area contributed by atoms with Crippen LogP contribution in [0.4, 0.5) is 0 Å². The van der Waals surface area contributed by atoms with E-state index in [9.17, 15) is 14.4 Å². The third-order valence-electron chi connectivity index (χ3n) is 4.95. The summed E-state index contributed by atoms with van der Waals surface area (Å²) in [5.74, 6) is 0.464. The van der Waals surface area contributed by atoms with Gasteiger partial charge in [0.2, 0.25) is 5.91 Å². The second kappa shape index (κ2) is 8.77. The summed E-state index contributed by atoms with van der Waals surface area (Å²) in [6, 6.07) is 12.0. The number of imide groups is 1. The minimum atomic E-state index is -0.301. The van der Waals surface area contributed by atoms with Crippen molar-refractivity contribution in [3.63, 3.8) is 0 Å². The van der Waals surface area contributed by atoms with Gasteiger partial charge in [0.05, 0.1) is 31.4 Å². The molecule has 7 heteroatoms. The van der Waals surface area contributed by atoms with Crippen molar-refractivity contribution in [3.05, 3.63) is 59.2 Å². The Bertz CT molecular complexity index is 906. The van der Waals surface area contributed by atoms with Crippen LogP contribution in [0.1, 0.15) is 52.1 Å². The number of amides is 3. The highest BCUT2D eigenvalue weighted by molar-refractivity contribution is 6.21. The van der Waals surface area contributed by atoms with Crippen LogP contribution in [0, 0.1) is 0 Å². The molecular formula is C22H24N2O5. The molecule has 0 saturated carbocycles. The number of methoxy groups -OCH3 is 2. The van der Waals surface area contributed by atoms with Crippen LogP contribution < -0.4 is 14.8 Å². The van der Waals surface area contributed by atoms with Gasteiger partial charge in [0.25, 0.3) is 11.8 Å². The lowest BCUT2D eigenvalue weighted by Crippen LogP contribution is -2.32. The van der Waals surface area contributed by atoms with Gasteiger partial charge in [-0.3, -0.25) is 19.3 Å². The first-order chi connectivity index (χ1) is 14.0. The van der Waals surface area contributed by atoms with E-state index in [4.69, 9.17) is 9.47 Å². The summed E-state index contributed by atoms with van der Waals surface area (Å²) in [4.78, 5) is 38.2. The van der Waals surface area contributed by atoms with Crippen LogP contribution in [0.3, 0.4) is 0 Å². The van der Waals surface area contributed by atoms with E-state index in [1.165, 1.54) is 4.90 Å². The number of nitrogens with one attached hydrogen (secondary N) is 1. The lowest BCUT2D eigenvalue weighted by molar-refractivity contribution is -0.121. The van der Waals surface area contributed by atoms with Crippen LogP contribution >= 0.6 is 0 Å². The van der Waals surface area contributed by atoms with Gasteiger partial charge >= 0.3 is 0 Å². The zero-order chi connectivity index (χ0) is 21.0. The first-order valence-corrected chi connectivity index (χ1v) is 9.42. The molecule has 1 aliphatic rings. The molecule has 0 saturated heterocycles. The number of nitrogens with zero attached hydrogens (tertiary/aromatic N) is 1. The van der Waals surface area contributed by atoms with Crippen molar-refractivity contribution in [3.8, 4) is 11.5 Å². The number of carbonyl (C=O) groups excluding carboxylic acids is 3. The van der Waals surface area contributed by atoms with E-state index in [2.05, 4.69) is 5.32 Å². The molecule has 0 fully saturated rings. The van der Waals surface area contributed by atoms with Gasteiger partial charge in [0.1, 0.15) is 0 Å². The summed E-state index contributed by atoms with van der Waals surface area (Å²) in [5, 5.41) is 2.93. The van der Waals surface area contributed by atoms with Gasteiger partial charge in [-0.25, -0.2) is 0 Å². The summed E-state index contributed by atoms with van der Waals surface area (Å²) in [6.07, 6.45) is 0.612. The van der Waals surface area contributed by atoms with E-state index in [0.29, 0.717) is 29.0 Å². The van der Waals surface area contributed by atoms with Gasteiger partial charge in [0.15, 0.2) is 11.5 Å². The Labute approximate surface area is 169 Å². The van der Waals surface area contributed by atoms with Crippen molar-refractivity contribution in [1.29, 1.82) is 0 Å². The molecule has 1 heterocycles. The third-order valence-corrected chi connectivity index (χ3v) is 4.95. The predicted molar refractivity (Wildman–Crippen MR) is 107 cm³/mol. The molecule has 0 bridgehead atoms. The Kier molecular flexibility index (Phi) is 6.16. The molecule has 0 spiro atoms. The normalized spacial score (nSPS) is 13.8. The quantitative estimate of drug-likeness (QED) is 0.694. The summed E-state index contributed by atoms with van der Waals surface area (Å²) in [5.41, 5.74) is 1.73. The van der Waals surface area contributed by atoms with E-state index in [1.54, 1.807) is 44.6 Å². The maximum atomic E-state index is 12.3. The van der Waals surface area contributed by atoms with Crippen molar-refractivity contribution in [1.82, 2.24) is 10.2 Å². The Balaban J connectivity index is 1.52.